The maximum Gasteiger partial charge on any atom is 0.203 e. The third-order valence-electron chi connectivity index (χ3n) is 5.06. The summed E-state index contributed by atoms with van der Waals surface area (Å²) in [7, 11) is 6.66. The molecule has 160 valence electrons. The van der Waals surface area contributed by atoms with Gasteiger partial charge in [0.25, 0.3) is 0 Å². The average Bonchev–Trinajstić information content (AvgIpc) is 2.70. The predicted octanol–water partition coefficient (Wildman–Crippen LogP) is 2.87. The molecule has 2 rings (SSSR count). The number of benzene rings is 1. The van der Waals surface area contributed by atoms with E-state index in [0.29, 0.717) is 35.9 Å². The van der Waals surface area contributed by atoms with E-state index in [9.17, 15) is 0 Å². The van der Waals surface area contributed by atoms with Gasteiger partial charge < -0.3 is 29.7 Å². The van der Waals surface area contributed by atoms with Gasteiger partial charge in [0.05, 0.1) is 21.3 Å². The molecule has 1 saturated heterocycles. The number of ether oxygens (including phenoxy) is 3. The van der Waals surface area contributed by atoms with Gasteiger partial charge in [-0.15, -0.1) is 24.0 Å². The molecule has 2 N–H and O–H groups in total. The first kappa shape index (κ1) is 24.6. The van der Waals surface area contributed by atoms with Crippen molar-refractivity contribution in [2.24, 2.45) is 4.99 Å². The number of piperidine rings is 1. The van der Waals surface area contributed by atoms with Crippen LogP contribution in [0.15, 0.2) is 17.1 Å². The summed E-state index contributed by atoms with van der Waals surface area (Å²) < 4.78 is 16.3. The van der Waals surface area contributed by atoms with Crippen LogP contribution in [-0.4, -0.2) is 64.4 Å². The van der Waals surface area contributed by atoms with Crippen molar-refractivity contribution in [2.75, 3.05) is 41.5 Å². The minimum absolute atomic E-state index is 0. The summed E-state index contributed by atoms with van der Waals surface area (Å²) in [6, 6.07) is 4.91. The Morgan fingerprint density at radius 3 is 2.25 bits per heavy atom. The molecule has 0 unspecified atom stereocenters. The van der Waals surface area contributed by atoms with Crippen LogP contribution in [0.3, 0.4) is 0 Å². The Hall–Kier alpha value is -1.42. The fourth-order valence-electron chi connectivity index (χ4n) is 3.43. The molecule has 0 amide bonds. The summed E-state index contributed by atoms with van der Waals surface area (Å²) in [5, 5.41) is 6.92. The van der Waals surface area contributed by atoms with E-state index in [2.05, 4.69) is 34.4 Å². The zero-order chi connectivity index (χ0) is 19.8. The largest absolute Gasteiger partial charge is 0.493 e. The highest BCUT2D eigenvalue weighted by Crippen LogP contribution is 2.39. The highest BCUT2D eigenvalue weighted by molar-refractivity contribution is 14.0. The molecule has 8 heteroatoms. The van der Waals surface area contributed by atoms with Gasteiger partial charge in [0.15, 0.2) is 17.5 Å². The minimum Gasteiger partial charge on any atom is -0.493 e. The van der Waals surface area contributed by atoms with E-state index in [4.69, 9.17) is 14.2 Å². The Morgan fingerprint density at radius 2 is 1.75 bits per heavy atom. The van der Waals surface area contributed by atoms with Crippen LogP contribution >= 0.6 is 24.0 Å². The van der Waals surface area contributed by atoms with E-state index >= 15 is 0 Å². The molecule has 1 aromatic carbocycles. The number of guanidine groups is 1. The van der Waals surface area contributed by atoms with E-state index < -0.39 is 0 Å². The minimum atomic E-state index is 0. The second-order valence-electron chi connectivity index (χ2n) is 6.97. The maximum atomic E-state index is 5.55. The van der Waals surface area contributed by atoms with Gasteiger partial charge in [-0.1, -0.05) is 0 Å². The van der Waals surface area contributed by atoms with Crippen LogP contribution in [0.4, 0.5) is 0 Å². The van der Waals surface area contributed by atoms with Crippen LogP contribution in [0.5, 0.6) is 17.2 Å². The van der Waals surface area contributed by atoms with Crippen LogP contribution in [-0.2, 0) is 6.54 Å². The van der Waals surface area contributed by atoms with Crippen molar-refractivity contribution >= 4 is 29.9 Å². The van der Waals surface area contributed by atoms with Crippen molar-refractivity contribution in [3.8, 4) is 17.2 Å². The highest BCUT2D eigenvalue weighted by Gasteiger charge is 2.22. The van der Waals surface area contributed by atoms with Crippen molar-refractivity contribution in [1.82, 2.24) is 15.5 Å². The lowest BCUT2D eigenvalue weighted by molar-refractivity contribution is 0.167. The number of aliphatic imine (C=N–C) groups is 1. The lowest BCUT2D eigenvalue weighted by Gasteiger charge is -2.35. The lowest BCUT2D eigenvalue weighted by atomic mass is 10.0. The highest BCUT2D eigenvalue weighted by atomic mass is 127. The zero-order valence-electron chi connectivity index (χ0n) is 17.9. The summed E-state index contributed by atoms with van der Waals surface area (Å²) in [4.78, 5) is 6.88. The number of methoxy groups -OCH3 is 3. The number of likely N-dealkylation sites (tertiary alicyclic amines) is 1. The second-order valence-corrected chi connectivity index (χ2v) is 6.97. The van der Waals surface area contributed by atoms with Crippen LogP contribution in [0.25, 0.3) is 0 Å². The van der Waals surface area contributed by atoms with Gasteiger partial charge >= 0.3 is 0 Å². The number of halogens is 1. The summed E-state index contributed by atoms with van der Waals surface area (Å²) in [6.45, 7) is 7.33. The molecule has 28 heavy (non-hydrogen) atoms. The van der Waals surface area contributed by atoms with Gasteiger partial charge in [-0.2, -0.15) is 0 Å². The molecule has 0 bridgehead atoms. The Bertz CT molecular complexity index is 632. The van der Waals surface area contributed by atoms with Crippen LogP contribution < -0.4 is 24.8 Å². The van der Waals surface area contributed by atoms with E-state index in [0.717, 1.165) is 37.5 Å². The molecule has 0 saturated carbocycles. The number of hydrogen-bond acceptors (Lipinski definition) is 5. The molecule has 1 aromatic rings. The summed E-state index contributed by atoms with van der Waals surface area (Å²) >= 11 is 0. The van der Waals surface area contributed by atoms with E-state index in [1.54, 1.807) is 28.4 Å². The van der Waals surface area contributed by atoms with Gasteiger partial charge in [-0.3, -0.25) is 4.99 Å². The van der Waals surface area contributed by atoms with Crippen LogP contribution in [0.1, 0.15) is 32.3 Å². The van der Waals surface area contributed by atoms with Gasteiger partial charge in [-0.25, -0.2) is 0 Å². The van der Waals surface area contributed by atoms with Crippen LogP contribution in [0.2, 0.25) is 0 Å². The van der Waals surface area contributed by atoms with Crippen molar-refractivity contribution in [1.29, 1.82) is 0 Å². The molecule has 0 aromatic heterocycles. The second kappa shape index (κ2) is 12.2. The fraction of sp³-hybridized carbons (Fsp3) is 0.650. The quantitative estimate of drug-likeness (QED) is 0.337. The first-order valence-electron chi connectivity index (χ1n) is 9.53. The van der Waals surface area contributed by atoms with Crippen molar-refractivity contribution in [3.63, 3.8) is 0 Å². The van der Waals surface area contributed by atoms with Crippen molar-refractivity contribution in [3.05, 3.63) is 17.7 Å². The van der Waals surface area contributed by atoms with Crippen LogP contribution in [0, 0.1) is 0 Å². The monoisotopic (exact) mass is 506 g/mol. The number of rotatable bonds is 7. The third-order valence-corrected chi connectivity index (χ3v) is 5.06. The molecular weight excluding hydrogens is 471 g/mol. The van der Waals surface area contributed by atoms with E-state index in [1.807, 2.05) is 12.1 Å². The molecule has 1 heterocycles. The predicted molar refractivity (Wildman–Crippen MR) is 125 cm³/mol. The first-order valence-corrected chi connectivity index (χ1v) is 9.53. The number of nitrogens with one attached hydrogen (secondary N) is 2. The van der Waals surface area contributed by atoms with Crippen molar-refractivity contribution < 1.29 is 14.2 Å². The molecule has 7 nitrogen and oxygen atoms in total. The van der Waals surface area contributed by atoms with E-state index in [-0.39, 0.29) is 24.0 Å². The summed E-state index contributed by atoms with van der Waals surface area (Å²) in [5.74, 6) is 2.72. The lowest BCUT2D eigenvalue weighted by Crippen LogP contribution is -2.49. The topological polar surface area (TPSA) is 67.4 Å². The molecule has 0 atom stereocenters. The molecule has 1 aliphatic heterocycles. The summed E-state index contributed by atoms with van der Waals surface area (Å²) in [6.07, 6.45) is 2.25. The molecule has 1 aliphatic rings. The Kier molecular flexibility index (Phi) is 10.7. The molecule has 1 fully saturated rings. The van der Waals surface area contributed by atoms with E-state index in [1.165, 1.54) is 0 Å². The third kappa shape index (κ3) is 6.30. The van der Waals surface area contributed by atoms with Gasteiger partial charge in [0.2, 0.25) is 5.75 Å². The normalized spacial score (nSPS) is 15.8. The van der Waals surface area contributed by atoms with Gasteiger partial charge in [-0.05, 0) is 38.8 Å². The first-order chi connectivity index (χ1) is 13.0. The number of hydrogen-bond donors (Lipinski definition) is 2. The molecular formula is C20H35IN4O3. The fourth-order valence-corrected chi connectivity index (χ4v) is 3.43. The van der Waals surface area contributed by atoms with Gasteiger partial charge in [0, 0.05) is 44.3 Å². The van der Waals surface area contributed by atoms with Crippen molar-refractivity contribution in [2.45, 2.75) is 45.3 Å². The van der Waals surface area contributed by atoms with Gasteiger partial charge in [0.1, 0.15) is 0 Å². The Morgan fingerprint density at radius 1 is 1.11 bits per heavy atom. The standard InChI is InChI=1S/C20H34N4O3.HI/c1-14(2)24-11-9-16(10-12-24)23-20(21-3)22-13-15-7-8-17(25-4)19(27-6)18(15)26-5;/h7-8,14,16H,9-13H2,1-6H3,(H2,21,22,23);1H. The molecule has 0 spiro atoms. The molecule has 0 aliphatic carbocycles. The molecule has 0 radical (unpaired) electrons. The summed E-state index contributed by atoms with van der Waals surface area (Å²) in [5.41, 5.74) is 0.979. The Labute approximate surface area is 186 Å². The Balaban J connectivity index is 0.00000392. The maximum absolute atomic E-state index is 5.55. The average molecular weight is 506 g/mol. The zero-order valence-corrected chi connectivity index (χ0v) is 20.2. The smallest absolute Gasteiger partial charge is 0.203 e. The SMILES string of the molecule is CN=C(NCc1ccc(OC)c(OC)c1OC)NC1CCN(C(C)C)CC1.I. The number of nitrogens with zero attached hydrogens (tertiary/aromatic N) is 2.